The van der Waals surface area contributed by atoms with E-state index in [0.29, 0.717) is 39.8 Å². The van der Waals surface area contributed by atoms with Gasteiger partial charge in [-0.1, -0.05) is 39.7 Å². The van der Waals surface area contributed by atoms with Crippen LogP contribution < -0.4 is 9.47 Å². The van der Waals surface area contributed by atoms with E-state index in [4.69, 9.17) is 21.1 Å². The zero-order chi connectivity index (χ0) is 20.7. The summed E-state index contributed by atoms with van der Waals surface area (Å²) in [5.74, 6) is 0.717. The Kier molecular flexibility index (Phi) is 7.91. The number of carbonyl (C=O) groups excluding carboxylic acids is 1. The standard InChI is InChI=1S/C21H20BrClN2O3/c1-4-27-19-10-15(9-16(12-24)21(26)25(2)3)18(22)11-20(19)28-13-14-5-7-17(23)8-6-14/h5-11H,4,13H2,1-3H3/b16-9-. The van der Waals surface area contributed by atoms with Crippen molar-refractivity contribution in [2.24, 2.45) is 0 Å². The van der Waals surface area contributed by atoms with E-state index >= 15 is 0 Å². The van der Waals surface area contributed by atoms with E-state index in [1.165, 1.54) is 11.0 Å². The van der Waals surface area contributed by atoms with Crippen LogP contribution in [0.4, 0.5) is 0 Å². The average molecular weight is 464 g/mol. The van der Waals surface area contributed by atoms with E-state index in [9.17, 15) is 10.1 Å². The number of hydrogen-bond donors (Lipinski definition) is 0. The molecule has 7 heteroatoms. The van der Waals surface area contributed by atoms with Gasteiger partial charge in [0.15, 0.2) is 11.5 Å². The third-order valence-corrected chi connectivity index (χ3v) is 4.67. The van der Waals surface area contributed by atoms with Gasteiger partial charge in [0.05, 0.1) is 6.61 Å². The Labute approximate surface area is 178 Å². The van der Waals surface area contributed by atoms with Gasteiger partial charge in [0, 0.05) is 23.6 Å². The van der Waals surface area contributed by atoms with E-state index in [2.05, 4.69) is 15.9 Å². The fraction of sp³-hybridized carbons (Fsp3) is 0.238. The number of benzene rings is 2. The van der Waals surface area contributed by atoms with Crippen molar-refractivity contribution in [1.29, 1.82) is 5.26 Å². The molecule has 1 amide bonds. The highest BCUT2D eigenvalue weighted by atomic mass is 79.9. The average Bonchev–Trinajstić information content (AvgIpc) is 2.67. The van der Waals surface area contributed by atoms with Crippen LogP contribution in [0.5, 0.6) is 11.5 Å². The molecule has 0 spiro atoms. The summed E-state index contributed by atoms with van der Waals surface area (Å²) in [6, 6.07) is 12.8. The number of halogens is 2. The molecule has 2 aromatic rings. The Hall–Kier alpha value is -2.49. The predicted octanol–water partition coefficient (Wildman–Crippen LogP) is 5.08. The van der Waals surface area contributed by atoms with Crippen LogP contribution >= 0.6 is 27.5 Å². The van der Waals surface area contributed by atoms with Crippen LogP contribution in [0, 0.1) is 11.3 Å². The molecular weight excluding hydrogens is 444 g/mol. The monoisotopic (exact) mass is 462 g/mol. The highest BCUT2D eigenvalue weighted by Gasteiger charge is 2.15. The van der Waals surface area contributed by atoms with Gasteiger partial charge in [-0.25, -0.2) is 0 Å². The van der Waals surface area contributed by atoms with E-state index in [0.717, 1.165) is 5.56 Å². The number of hydrogen-bond acceptors (Lipinski definition) is 4. The number of nitrogens with zero attached hydrogens (tertiary/aromatic N) is 2. The first-order valence-corrected chi connectivity index (χ1v) is 9.69. The molecule has 0 saturated heterocycles. The number of amides is 1. The molecule has 0 fully saturated rings. The fourth-order valence-electron chi connectivity index (χ4n) is 2.32. The number of nitriles is 1. The van der Waals surface area contributed by atoms with Gasteiger partial charge in [0.2, 0.25) is 0 Å². The van der Waals surface area contributed by atoms with Gasteiger partial charge in [-0.05, 0) is 48.4 Å². The van der Waals surface area contributed by atoms with Gasteiger partial charge in [0.25, 0.3) is 5.91 Å². The molecule has 2 rings (SSSR count). The molecule has 0 N–H and O–H groups in total. The molecule has 146 valence electrons. The first-order valence-electron chi connectivity index (χ1n) is 8.52. The van der Waals surface area contributed by atoms with Gasteiger partial charge in [-0.15, -0.1) is 0 Å². The van der Waals surface area contributed by atoms with Crippen molar-refractivity contribution in [3.05, 3.63) is 62.6 Å². The minimum Gasteiger partial charge on any atom is -0.490 e. The summed E-state index contributed by atoms with van der Waals surface area (Å²) in [5, 5.41) is 9.97. The molecule has 0 saturated carbocycles. The van der Waals surface area contributed by atoms with Crippen molar-refractivity contribution in [2.75, 3.05) is 20.7 Å². The van der Waals surface area contributed by atoms with Gasteiger partial charge in [0.1, 0.15) is 18.2 Å². The van der Waals surface area contributed by atoms with Crippen LogP contribution in [0.2, 0.25) is 5.02 Å². The Bertz CT molecular complexity index is 918. The lowest BCUT2D eigenvalue weighted by Crippen LogP contribution is -2.22. The van der Waals surface area contributed by atoms with Crippen LogP contribution in [0.3, 0.4) is 0 Å². The predicted molar refractivity (Wildman–Crippen MR) is 113 cm³/mol. The molecule has 28 heavy (non-hydrogen) atoms. The van der Waals surface area contributed by atoms with Crippen LogP contribution in [0.1, 0.15) is 18.1 Å². The van der Waals surface area contributed by atoms with Gasteiger partial charge >= 0.3 is 0 Å². The Morgan fingerprint density at radius 2 is 1.86 bits per heavy atom. The molecule has 0 aliphatic carbocycles. The van der Waals surface area contributed by atoms with Gasteiger partial charge < -0.3 is 14.4 Å². The third kappa shape index (κ3) is 5.75. The molecule has 5 nitrogen and oxygen atoms in total. The van der Waals surface area contributed by atoms with E-state index in [-0.39, 0.29) is 11.5 Å². The lowest BCUT2D eigenvalue weighted by Gasteiger charge is -2.15. The van der Waals surface area contributed by atoms with Gasteiger partial charge in [-0.3, -0.25) is 4.79 Å². The van der Waals surface area contributed by atoms with Crippen LogP contribution in [-0.2, 0) is 11.4 Å². The molecule has 0 heterocycles. The molecule has 0 aliphatic heterocycles. The second-order valence-electron chi connectivity index (χ2n) is 6.04. The second kappa shape index (κ2) is 10.2. The number of ether oxygens (including phenoxy) is 2. The molecular formula is C21H20BrClN2O3. The van der Waals surface area contributed by atoms with Crippen molar-refractivity contribution >= 4 is 39.5 Å². The number of rotatable bonds is 7. The molecule has 0 bridgehead atoms. The van der Waals surface area contributed by atoms with Crippen LogP contribution in [-0.4, -0.2) is 31.5 Å². The smallest absolute Gasteiger partial charge is 0.264 e. The zero-order valence-corrected chi connectivity index (χ0v) is 18.2. The molecule has 0 atom stereocenters. The highest BCUT2D eigenvalue weighted by Crippen LogP contribution is 2.35. The van der Waals surface area contributed by atoms with Crippen molar-refractivity contribution in [2.45, 2.75) is 13.5 Å². The minimum absolute atomic E-state index is 0.0305. The summed E-state index contributed by atoms with van der Waals surface area (Å²) in [5.41, 5.74) is 1.65. The molecule has 0 unspecified atom stereocenters. The van der Waals surface area contributed by atoms with Crippen molar-refractivity contribution in [3.8, 4) is 17.6 Å². The summed E-state index contributed by atoms with van der Waals surface area (Å²) in [6.45, 7) is 2.67. The topological polar surface area (TPSA) is 62.6 Å². The largest absolute Gasteiger partial charge is 0.490 e. The first kappa shape index (κ1) is 21.8. The molecule has 0 aliphatic rings. The second-order valence-corrected chi connectivity index (χ2v) is 7.33. The lowest BCUT2D eigenvalue weighted by atomic mass is 10.1. The van der Waals surface area contributed by atoms with Gasteiger partial charge in [-0.2, -0.15) is 5.26 Å². The van der Waals surface area contributed by atoms with Crippen LogP contribution in [0.25, 0.3) is 6.08 Å². The van der Waals surface area contributed by atoms with E-state index < -0.39 is 0 Å². The maximum atomic E-state index is 12.1. The number of likely N-dealkylation sites (N-methyl/N-ethyl adjacent to an activating group) is 1. The number of carbonyl (C=O) groups is 1. The van der Waals surface area contributed by atoms with Crippen LogP contribution in [0.15, 0.2) is 46.4 Å². The summed E-state index contributed by atoms with van der Waals surface area (Å²) in [6.07, 6.45) is 1.53. The van der Waals surface area contributed by atoms with Crippen molar-refractivity contribution in [3.63, 3.8) is 0 Å². The molecule has 0 radical (unpaired) electrons. The maximum absolute atomic E-state index is 12.1. The summed E-state index contributed by atoms with van der Waals surface area (Å²) in [4.78, 5) is 13.5. The van der Waals surface area contributed by atoms with E-state index in [1.54, 1.807) is 38.4 Å². The summed E-state index contributed by atoms with van der Waals surface area (Å²) in [7, 11) is 3.20. The SMILES string of the molecule is CCOc1cc(/C=C(/C#N)C(=O)N(C)C)c(Br)cc1OCc1ccc(Cl)cc1. The Balaban J connectivity index is 2.33. The molecule has 2 aromatic carbocycles. The lowest BCUT2D eigenvalue weighted by molar-refractivity contribution is -0.124. The summed E-state index contributed by atoms with van der Waals surface area (Å²) < 4.78 is 12.3. The molecule has 0 aromatic heterocycles. The first-order chi connectivity index (χ1) is 13.3. The quantitative estimate of drug-likeness (QED) is 0.424. The van der Waals surface area contributed by atoms with Crippen molar-refractivity contribution < 1.29 is 14.3 Å². The van der Waals surface area contributed by atoms with E-state index in [1.807, 2.05) is 25.1 Å². The Morgan fingerprint density at radius 3 is 2.43 bits per heavy atom. The maximum Gasteiger partial charge on any atom is 0.264 e. The zero-order valence-electron chi connectivity index (χ0n) is 15.8. The third-order valence-electron chi connectivity index (χ3n) is 3.73. The highest BCUT2D eigenvalue weighted by molar-refractivity contribution is 9.10. The normalized spacial score (nSPS) is 10.9. The van der Waals surface area contributed by atoms with Crippen molar-refractivity contribution in [1.82, 2.24) is 4.90 Å². The minimum atomic E-state index is -0.365. The summed E-state index contributed by atoms with van der Waals surface area (Å²) >= 11 is 9.39. The Morgan fingerprint density at radius 1 is 1.21 bits per heavy atom. The fourth-order valence-corrected chi connectivity index (χ4v) is 2.89.